The molecule has 98 valence electrons. The maximum absolute atomic E-state index is 5.93. The quantitative estimate of drug-likeness (QED) is 0.829. The van der Waals surface area contributed by atoms with E-state index in [0.29, 0.717) is 22.4 Å². The van der Waals surface area contributed by atoms with Crippen LogP contribution < -0.4 is 10.5 Å². The Hall–Kier alpha value is -1.10. The predicted octanol–water partition coefficient (Wildman–Crippen LogP) is 4.32. The van der Waals surface area contributed by atoms with Gasteiger partial charge in [0.15, 0.2) is 0 Å². The van der Waals surface area contributed by atoms with Gasteiger partial charge in [0.05, 0.1) is 5.56 Å². The standard InChI is InChI=1S/C14H11BrClNOS/c15-10-4-5-12(14(17)19)13(7-10)18-8-9-2-1-3-11(16)6-9/h1-7H,8H2,(H2,17,19). The van der Waals surface area contributed by atoms with E-state index in [1.807, 2.05) is 42.5 Å². The van der Waals surface area contributed by atoms with Crippen LogP contribution in [0.3, 0.4) is 0 Å². The Morgan fingerprint density at radius 3 is 2.74 bits per heavy atom. The van der Waals surface area contributed by atoms with Gasteiger partial charge in [-0.2, -0.15) is 0 Å². The third-order valence-corrected chi connectivity index (χ3v) is 3.44. The molecule has 0 saturated carbocycles. The monoisotopic (exact) mass is 355 g/mol. The van der Waals surface area contributed by atoms with Gasteiger partial charge < -0.3 is 10.5 Å². The Balaban J connectivity index is 2.19. The fourth-order valence-electron chi connectivity index (χ4n) is 1.61. The minimum Gasteiger partial charge on any atom is -0.488 e. The van der Waals surface area contributed by atoms with Crippen molar-refractivity contribution in [2.24, 2.45) is 5.73 Å². The Morgan fingerprint density at radius 1 is 1.26 bits per heavy atom. The number of hydrogen-bond donors (Lipinski definition) is 1. The zero-order valence-electron chi connectivity index (χ0n) is 9.90. The lowest BCUT2D eigenvalue weighted by molar-refractivity contribution is 0.305. The number of halogens is 2. The number of ether oxygens (including phenoxy) is 1. The highest BCUT2D eigenvalue weighted by Gasteiger charge is 2.07. The Labute approximate surface area is 130 Å². The van der Waals surface area contributed by atoms with E-state index in [0.717, 1.165) is 15.6 Å². The highest BCUT2D eigenvalue weighted by Crippen LogP contribution is 2.25. The lowest BCUT2D eigenvalue weighted by Crippen LogP contribution is -2.11. The summed E-state index contributed by atoms with van der Waals surface area (Å²) < 4.78 is 6.67. The number of thiocarbonyl (C=S) groups is 1. The fourth-order valence-corrected chi connectivity index (χ4v) is 2.33. The van der Waals surface area contributed by atoms with E-state index >= 15 is 0 Å². The summed E-state index contributed by atoms with van der Waals surface area (Å²) in [4.78, 5) is 0.314. The van der Waals surface area contributed by atoms with Crippen LogP contribution in [0.5, 0.6) is 5.75 Å². The summed E-state index contributed by atoms with van der Waals surface area (Å²) >= 11 is 14.3. The molecule has 0 atom stereocenters. The van der Waals surface area contributed by atoms with Crippen molar-refractivity contribution >= 4 is 44.7 Å². The first-order chi connectivity index (χ1) is 9.06. The largest absolute Gasteiger partial charge is 0.488 e. The summed E-state index contributed by atoms with van der Waals surface area (Å²) in [6, 6.07) is 13.1. The molecule has 0 aliphatic carbocycles. The molecule has 5 heteroatoms. The summed E-state index contributed by atoms with van der Waals surface area (Å²) in [5.74, 6) is 0.654. The van der Waals surface area contributed by atoms with E-state index < -0.39 is 0 Å². The molecule has 0 saturated heterocycles. The van der Waals surface area contributed by atoms with Gasteiger partial charge in [0.25, 0.3) is 0 Å². The number of nitrogens with two attached hydrogens (primary N) is 1. The maximum atomic E-state index is 5.93. The van der Waals surface area contributed by atoms with Crippen LogP contribution in [0.1, 0.15) is 11.1 Å². The van der Waals surface area contributed by atoms with Crippen molar-refractivity contribution < 1.29 is 4.74 Å². The number of hydrogen-bond acceptors (Lipinski definition) is 2. The second-order valence-corrected chi connectivity index (χ2v) is 5.72. The first kappa shape index (κ1) is 14.3. The summed E-state index contributed by atoms with van der Waals surface area (Å²) in [7, 11) is 0. The van der Waals surface area contributed by atoms with Crippen LogP contribution in [0, 0.1) is 0 Å². The summed E-state index contributed by atoms with van der Waals surface area (Å²) in [5, 5.41) is 0.685. The molecular weight excluding hydrogens is 346 g/mol. The van der Waals surface area contributed by atoms with Gasteiger partial charge in [0.1, 0.15) is 17.3 Å². The molecule has 2 aromatic carbocycles. The van der Waals surface area contributed by atoms with E-state index in [1.165, 1.54) is 0 Å². The minimum atomic E-state index is 0.314. The maximum Gasteiger partial charge on any atom is 0.131 e. The molecule has 2 aromatic rings. The van der Waals surface area contributed by atoms with Crippen molar-refractivity contribution in [3.8, 4) is 5.75 Å². The normalized spacial score (nSPS) is 10.2. The molecule has 19 heavy (non-hydrogen) atoms. The second-order valence-electron chi connectivity index (χ2n) is 3.92. The highest BCUT2D eigenvalue weighted by atomic mass is 79.9. The average Bonchev–Trinajstić information content (AvgIpc) is 2.36. The smallest absolute Gasteiger partial charge is 0.131 e. The second kappa shape index (κ2) is 6.37. The van der Waals surface area contributed by atoms with Gasteiger partial charge in [-0.15, -0.1) is 0 Å². The molecule has 0 unspecified atom stereocenters. The van der Waals surface area contributed by atoms with Crippen molar-refractivity contribution in [3.05, 3.63) is 63.1 Å². The Morgan fingerprint density at radius 2 is 2.05 bits per heavy atom. The summed E-state index contributed by atoms with van der Waals surface area (Å²) in [5.41, 5.74) is 7.38. The average molecular weight is 357 g/mol. The van der Waals surface area contributed by atoms with Gasteiger partial charge in [0.2, 0.25) is 0 Å². The van der Waals surface area contributed by atoms with Gasteiger partial charge in [-0.05, 0) is 35.9 Å². The van der Waals surface area contributed by atoms with Crippen molar-refractivity contribution in [2.45, 2.75) is 6.61 Å². The Kier molecular flexibility index (Phi) is 4.80. The van der Waals surface area contributed by atoms with Crippen LogP contribution in [0.15, 0.2) is 46.9 Å². The molecule has 0 fully saturated rings. The van der Waals surface area contributed by atoms with E-state index in [-0.39, 0.29) is 0 Å². The minimum absolute atomic E-state index is 0.314. The van der Waals surface area contributed by atoms with Gasteiger partial charge >= 0.3 is 0 Å². The summed E-state index contributed by atoms with van der Waals surface area (Å²) in [6.07, 6.45) is 0. The van der Waals surface area contributed by atoms with Crippen LogP contribution in [0.2, 0.25) is 5.02 Å². The van der Waals surface area contributed by atoms with Crippen LogP contribution in [-0.2, 0) is 6.61 Å². The lowest BCUT2D eigenvalue weighted by Gasteiger charge is -2.11. The first-order valence-corrected chi connectivity index (χ1v) is 7.11. The van der Waals surface area contributed by atoms with Gasteiger partial charge in [0, 0.05) is 9.50 Å². The molecule has 0 aliphatic rings. The fraction of sp³-hybridized carbons (Fsp3) is 0.0714. The molecular formula is C14H11BrClNOS. The lowest BCUT2D eigenvalue weighted by atomic mass is 10.2. The third kappa shape index (κ3) is 3.93. The number of rotatable bonds is 4. The molecule has 0 bridgehead atoms. The van der Waals surface area contributed by atoms with E-state index in [4.69, 9.17) is 34.3 Å². The zero-order chi connectivity index (χ0) is 13.8. The predicted molar refractivity (Wildman–Crippen MR) is 85.8 cm³/mol. The molecule has 0 heterocycles. The Bertz CT molecular complexity index is 618. The van der Waals surface area contributed by atoms with Gasteiger partial charge in [-0.3, -0.25) is 0 Å². The van der Waals surface area contributed by atoms with Crippen LogP contribution in [-0.4, -0.2) is 4.99 Å². The first-order valence-electron chi connectivity index (χ1n) is 5.53. The SMILES string of the molecule is NC(=S)c1ccc(Br)cc1OCc1cccc(Cl)c1. The molecule has 0 aromatic heterocycles. The molecule has 0 radical (unpaired) electrons. The molecule has 0 amide bonds. The molecule has 0 aliphatic heterocycles. The topological polar surface area (TPSA) is 35.2 Å². The summed E-state index contributed by atoms with van der Waals surface area (Å²) in [6.45, 7) is 0.409. The van der Waals surface area contributed by atoms with E-state index in [1.54, 1.807) is 0 Å². The van der Waals surface area contributed by atoms with Crippen LogP contribution in [0.25, 0.3) is 0 Å². The molecule has 2 rings (SSSR count). The van der Waals surface area contributed by atoms with Crippen molar-refractivity contribution in [1.82, 2.24) is 0 Å². The van der Waals surface area contributed by atoms with Crippen LogP contribution in [0.4, 0.5) is 0 Å². The molecule has 2 nitrogen and oxygen atoms in total. The van der Waals surface area contributed by atoms with Gasteiger partial charge in [-0.25, -0.2) is 0 Å². The molecule has 0 spiro atoms. The van der Waals surface area contributed by atoms with Gasteiger partial charge in [-0.1, -0.05) is 51.9 Å². The van der Waals surface area contributed by atoms with Crippen molar-refractivity contribution in [1.29, 1.82) is 0 Å². The highest BCUT2D eigenvalue weighted by molar-refractivity contribution is 9.10. The molecule has 2 N–H and O–H groups in total. The van der Waals surface area contributed by atoms with E-state index in [2.05, 4.69) is 15.9 Å². The van der Waals surface area contributed by atoms with Crippen molar-refractivity contribution in [3.63, 3.8) is 0 Å². The third-order valence-electron chi connectivity index (χ3n) is 2.49. The van der Waals surface area contributed by atoms with Crippen LogP contribution >= 0.6 is 39.7 Å². The zero-order valence-corrected chi connectivity index (χ0v) is 13.1. The van der Waals surface area contributed by atoms with E-state index in [9.17, 15) is 0 Å². The van der Waals surface area contributed by atoms with Crippen molar-refractivity contribution in [2.75, 3.05) is 0 Å². The number of benzene rings is 2.